The molecule has 0 unspecified atom stereocenters. The summed E-state index contributed by atoms with van der Waals surface area (Å²) >= 11 is 0. The molecule has 1 saturated heterocycles. The van der Waals surface area contributed by atoms with Gasteiger partial charge in [-0.25, -0.2) is 14.8 Å². The normalized spacial score (nSPS) is 27.7. The first-order valence-corrected chi connectivity index (χ1v) is 14.4. The molecule has 2 aromatic rings. The summed E-state index contributed by atoms with van der Waals surface area (Å²) in [5, 5.41) is 12.0. The van der Waals surface area contributed by atoms with Crippen molar-refractivity contribution in [1.29, 1.82) is 5.26 Å². The Morgan fingerprint density at radius 3 is 2.58 bits per heavy atom. The number of alkyl halides is 2. The minimum atomic E-state index is -3.40. The number of fused-ring (bicyclic) bond motifs is 5. The molecule has 1 aromatic carbocycles. The predicted molar refractivity (Wildman–Crippen MR) is 151 cm³/mol. The molecule has 1 aliphatic carbocycles. The molecule has 5 rings (SSSR count). The second-order valence-corrected chi connectivity index (χ2v) is 12.7. The molecule has 0 saturated carbocycles. The fourth-order valence-corrected chi connectivity index (χ4v) is 5.85. The number of carbonyl (C=O) groups is 3. The minimum absolute atomic E-state index is 0.106. The molecule has 1 aromatic heterocycles. The molecule has 1 N–H and O–H groups in total. The molecule has 3 heterocycles. The number of hydrogen-bond donors (Lipinski definition) is 1. The lowest BCUT2D eigenvalue weighted by Crippen LogP contribution is -2.57. The zero-order chi connectivity index (χ0) is 31.3. The third kappa shape index (κ3) is 6.17. The van der Waals surface area contributed by atoms with E-state index in [0.717, 1.165) is 5.57 Å². The number of ketones is 1. The Morgan fingerprint density at radius 1 is 1.16 bits per heavy atom. The van der Waals surface area contributed by atoms with Crippen LogP contribution < -0.4 is 10.1 Å². The van der Waals surface area contributed by atoms with Crippen molar-refractivity contribution < 1.29 is 32.6 Å². The number of benzene rings is 1. The maximum Gasteiger partial charge on any atom is 0.408 e. The summed E-state index contributed by atoms with van der Waals surface area (Å²) in [5.74, 6) is -5.23. The van der Waals surface area contributed by atoms with Crippen LogP contribution in [0, 0.1) is 22.7 Å². The van der Waals surface area contributed by atoms with Crippen molar-refractivity contribution >= 4 is 28.8 Å². The number of halogens is 2. The minimum Gasteiger partial charge on any atom is -0.471 e. The van der Waals surface area contributed by atoms with E-state index in [0.29, 0.717) is 12.8 Å². The van der Waals surface area contributed by atoms with Crippen LogP contribution in [0.3, 0.4) is 0 Å². The van der Waals surface area contributed by atoms with Gasteiger partial charge in [-0.3, -0.25) is 9.59 Å². The topological polar surface area (TPSA) is 135 Å². The molecule has 0 spiro atoms. The molecule has 10 nitrogen and oxygen atoms in total. The van der Waals surface area contributed by atoms with Crippen LogP contribution in [0.2, 0.25) is 0 Å². The van der Waals surface area contributed by atoms with Gasteiger partial charge in [0.15, 0.2) is 11.5 Å². The van der Waals surface area contributed by atoms with Gasteiger partial charge in [-0.2, -0.15) is 14.0 Å². The van der Waals surface area contributed by atoms with Crippen molar-refractivity contribution in [2.45, 2.75) is 90.5 Å². The summed E-state index contributed by atoms with van der Waals surface area (Å²) in [6, 6.07) is 4.43. The van der Waals surface area contributed by atoms with E-state index in [4.69, 9.17) is 9.47 Å². The zero-order valence-electron chi connectivity index (χ0n) is 24.8. The largest absolute Gasteiger partial charge is 0.471 e. The number of aromatic nitrogens is 2. The van der Waals surface area contributed by atoms with Crippen LogP contribution in [0.5, 0.6) is 5.88 Å². The lowest BCUT2D eigenvalue weighted by atomic mass is 9.85. The number of ether oxygens (including phenoxy) is 2. The molecule has 2 bridgehead atoms. The van der Waals surface area contributed by atoms with Crippen LogP contribution in [-0.4, -0.2) is 63.5 Å². The number of hydrogen-bond acceptors (Lipinski definition) is 8. The first kappa shape index (κ1) is 30.3. The van der Waals surface area contributed by atoms with E-state index in [2.05, 4.69) is 15.3 Å². The summed E-state index contributed by atoms with van der Waals surface area (Å²) in [7, 11) is 0. The highest BCUT2D eigenvalue weighted by atomic mass is 19.3. The highest BCUT2D eigenvalue weighted by Gasteiger charge is 2.50. The molecule has 0 radical (unpaired) electrons. The number of Topliss-reactive ketones (excluding diaryl/α,β-unsaturated/α-hetero) is 1. The van der Waals surface area contributed by atoms with Crippen LogP contribution >= 0.6 is 0 Å². The molecule has 12 heteroatoms. The maximum absolute atomic E-state index is 15.8. The molecular formula is C31H35F2N5O5. The smallest absolute Gasteiger partial charge is 0.408 e. The Hall–Kier alpha value is -4.14. The van der Waals surface area contributed by atoms with Crippen molar-refractivity contribution in [2.75, 3.05) is 6.54 Å². The van der Waals surface area contributed by atoms with Crippen LogP contribution in [0.25, 0.3) is 11.0 Å². The maximum atomic E-state index is 15.8. The molecule has 3 aliphatic rings. The summed E-state index contributed by atoms with van der Waals surface area (Å²) in [5.41, 5.74) is 0.122. The van der Waals surface area contributed by atoms with Gasteiger partial charge < -0.3 is 19.7 Å². The van der Waals surface area contributed by atoms with Gasteiger partial charge >= 0.3 is 6.09 Å². The van der Waals surface area contributed by atoms with Crippen LogP contribution in [0.4, 0.5) is 13.6 Å². The highest BCUT2D eigenvalue weighted by molar-refractivity contribution is 5.92. The highest BCUT2D eigenvalue weighted by Crippen LogP contribution is 2.41. The predicted octanol–water partition coefficient (Wildman–Crippen LogP) is 4.80. The molecular weight excluding hydrogens is 560 g/mol. The second-order valence-electron chi connectivity index (χ2n) is 12.7. The summed E-state index contributed by atoms with van der Waals surface area (Å²) in [4.78, 5) is 49.7. The van der Waals surface area contributed by atoms with Gasteiger partial charge in [0, 0.05) is 12.3 Å². The lowest BCUT2D eigenvalue weighted by Gasteiger charge is -2.35. The Labute approximate surface area is 248 Å². The van der Waals surface area contributed by atoms with E-state index >= 15 is 8.78 Å². The fraction of sp³-hybridized carbons (Fsp3) is 0.548. The Balaban J connectivity index is 1.58. The molecule has 43 heavy (non-hydrogen) atoms. The molecule has 5 atom stereocenters. The van der Waals surface area contributed by atoms with Crippen molar-refractivity contribution in [3.8, 4) is 11.9 Å². The zero-order valence-corrected chi connectivity index (χ0v) is 24.8. The molecule has 2 aliphatic heterocycles. The third-order valence-corrected chi connectivity index (χ3v) is 8.30. The van der Waals surface area contributed by atoms with Crippen molar-refractivity contribution in [3.63, 3.8) is 0 Å². The van der Waals surface area contributed by atoms with E-state index in [1.54, 1.807) is 33.8 Å². The van der Waals surface area contributed by atoms with Gasteiger partial charge in [0.05, 0.1) is 35.3 Å². The van der Waals surface area contributed by atoms with E-state index < -0.39 is 71.5 Å². The number of rotatable bonds is 1. The Bertz CT molecular complexity index is 1550. The van der Waals surface area contributed by atoms with Gasteiger partial charge in [0.2, 0.25) is 11.8 Å². The average molecular weight is 596 g/mol. The monoisotopic (exact) mass is 595 g/mol. The Kier molecular flexibility index (Phi) is 7.88. The summed E-state index contributed by atoms with van der Waals surface area (Å²) in [6.45, 7) is 8.31. The van der Waals surface area contributed by atoms with E-state index in [1.165, 1.54) is 30.0 Å². The van der Waals surface area contributed by atoms with E-state index in [-0.39, 0.29) is 35.3 Å². The lowest BCUT2D eigenvalue weighted by molar-refractivity contribution is -0.141. The van der Waals surface area contributed by atoms with Crippen LogP contribution in [0.1, 0.15) is 71.6 Å². The molecule has 2 amide bonds. The third-order valence-electron chi connectivity index (χ3n) is 8.30. The number of nitriles is 1. The average Bonchev–Trinajstić information content (AvgIpc) is 3.58. The van der Waals surface area contributed by atoms with Crippen molar-refractivity contribution in [3.05, 3.63) is 41.1 Å². The number of alkyl carbamates (subject to hydrolysis) is 1. The SMILES string of the molecule is CC(=O)[C@@H]1[C@H](C)[C@@H]2CN1C(=O)[C@H](C(C)(C)C)NC(=O)O[C@@H]1C=C1CCCCC(F)(F)c1nc3ccc(C#N)cc3nc1O2. The number of carbonyl (C=O) groups excluding carboxylic acids is 3. The van der Waals surface area contributed by atoms with Gasteiger partial charge in [0.25, 0.3) is 5.92 Å². The fourth-order valence-electron chi connectivity index (χ4n) is 5.85. The van der Waals surface area contributed by atoms with Crippen LogP contribution in [0.15, 0.2) is 29.8 Å². The second kappa shape index (κ2) is 11.2. The number of nitrogens with one attached hydrogen (secondary N) is 1. The standard InChI is InChI=1S/C31H35F2N5O5/c1-16-23-15-38(24(16)17(2)39)28(40)26(30(3,4)5)37-29(41)43-22-13-19(22)8-6-7-11-31(32,33)25-27(42-23)36-21-12-18(14-34)9-10-20(21)35-25/h9-10,12-13,16,22-24,26H,6-8,11,15H2,1-5H3,(H,37,41)/t16-,22-,23+,24+,26-/m1/s1. The van der Waals surface area contributed by atoms with Gasteiger partial charge in [0.1, 0.15) is 18.2 Å². The Morgan fingerprint density at radius 2 is 1.91 bits per heavy atom. The first-order valence-electron chi connectivity index (χ1n) is 14.4. The van der Waals surface area contributed by atoms with E-state index in [1.807, 2.05) is 6.07 Å². The van der Waals surface area contributed by atoms with Crippen molar-refractivity contribution in [1.82, 2.24) is 20.2 Å². The van der Waals surface area contributed by atoms with E-state index in [9.17, 15) is 19.6 Å². The van der Waals surface area contributed by atoms with Gasteiger partial charge in [-0.1, -0.05) is 27.7 Å². The van der Waals surface area contributed by atoms with Crippen molar-refractivity contribution in [2.24, 2.45) is 11.3 Å². The quantitative estimate of drug-likeness (QED) is 0.465. The van der Waals surface area contributed by atoms with Gasteiger partial charge in [-0.15, -0.1) is 0 Å². The number of amides is 2. The molecule has 1 fully saturated rings. The molecule has 228 valence electrons. The van der Waals surface area contributed by atoms with Crippen LogP contribution in [-0.2, 0) is 20.2 Å². The van der Waals surface area contributed by atoms with Gasteiger partial charge in [-0.05, 0) is 61.4 Å². The number of nitrogens with zero attached hydrogens (tertiary/aromatic N) is 4. The summed E-state index contributed by atoms with van der Waals surface area (Å²) in [6.07, 6.45) is 0.0999. The first-order chi connectivity index (χ1) is 20.2. The summed E-state index contributed by atoms with van der Waals surface area (Å²) < 4.78 is 43.2.